The minimum absolute atomic E-state index is 0. The smallest absolute Gasteiger partial charge is 0.193 e. The lowest BCUT2D eigenvalue weighted by Gasteiger charge is -2.21. The maximum absolute atomic E-state index is 4.27. The van der Waals surface area contributed by atoms with E-state index in [1.165, 1.54) is 0 Å². The van der Waals surface area contributed by atoms with Crippen LogP contribution in [0.15, 0.2) is 36.4 Å². The van der Waals surface area contributed by atoms with Gasteiger partial charge in [0.25, 0.3) is 0 Å². The first-order valence-corrected chi connectivity index (χ1v) is 6.26. The van der Waals surface area contributed by atoms with Crippen molar-refractivity contribution in [2.75, 3.05) is 27.2 Å². The van der Waals surface area contributed by atoms with Gasteiger partial charge in [-0.15, -0.1) is 30.6 Å². The summed E-state index contributed by atoms with van der Waals surface area (Å²) in [7, 11) is 3.86. The van der Waals surface area contributed by atoms with E-state index in [2.05, 4.69) is 33.8 Å². The van der Waals surface area contributed by atoms with Crippen LogP contribution in [0.5, 0.6) is 0 Å². The first-order chi connectivity index (χ1) is 8.77. The SMILES string of the molecule is C=CCCCN(C)C(=NC)NCCn1ccnc1.I. The van der Waals surface area contributed by atoms with Crippen LogP contribution in [0.3, 0.4) is 0 Å². The highest BCUT2D eigenvalue weighted by Crippen LogP contribution is 1.94. The summed E-state index contributed by atoms with van der Waals surface area (Å²) in [4.78, 5) is 10.4. The Bertz CT molecular complexity index is 361. The molecule has 108 valence electrons. The summed E-state index contributed by atoms with van der Waals surface area (Å²) in [6, 6.07) is 0. The molecule has 0 bridgehead atoms. The molecule has 1 rings (SSSR count). The third kappa shape index (κ3) is 7.19. The Morgan fingerprint density at radius 2 is 2.37 bits per heavy atom. The van der Waals surface area contributed by atoms with E-state index in [0.29, 0.717) is 0 Å². The Labute approximate surface area is 132 Å². The lowest BCUT2D eigenvalue weighted by atomic mass is 10.3. The molecule has 1 heterocycles. The predicted octanol–water partition coefficient (Wildman–Crippen LogP) is 1.97. The molecule has 0 spiro atoms. The highest BCUT2D eigenvalue weighted by molar-refractivity contribution is 14.0. The van der Waals surface area contributed by atoms with Gasteiger partial charge in [0.1, 0.15) is 0 Å². The zero-order valence-corrected chi connectivity index (χ0v) is 14.1. The van der Waals surface area contributed by atoms with E-state index in [-0.39, 0.29) is 24.0 Å². The number of unbranched alkanes of at least 4 members (excludes halogenated alkanes) is 1. The van der Waals surface area contributed by atoms with Gasteiger partial charge in [0.05, 0.1) is 6.33 Å². The lowest BCUT2D eigenvalue weighted by Crippen LogP contribution is -2.40. The van der Waals surface area contributed by atoms with E-state index in [0.717, 1.165) is 38.4 Å². The average Bonchev–Trinajstić information content (AvgIpc) is 2.88. The molecule has 0 aromatic carbocycles. The van der Waals surface area contributed by atoms with Gasteiger partial charge >= 0.3 is 0 Å². The molecule has 1 aromatic heterocycles. The van der Waals surface area contributed by atoms with E-state index in [9.17, 15) is 0 Å². The Morgan fingerprint density at radius 1 is 1.58 bits per heavy atom. The zero-order valence-electron chi connectivity index (χ0n) is 11.7. The van der Waals surface area contributed by atoms with Gasteiger partial charge in [0.15, 0.2) is 5.96 Å². The summed E-state index contributed by atoms with van der Waals surface area (Å²) in [5, 5.41) is 3.34. The third-order valence-electron chi connectivity index (χ3n) is 2.69. The number of hydrogen-bond donors (Lipinski definition) is 1. The molecule has 6 heteroatoms. The van der Waals surface area contributed by atoms with Crippen LogP contribution >= 0.6 is 24.0 Å². The molecule has 0 fully saturated rings. The van der Waals surface area contributed by atoms with Gasteiger partial charge in [-0.05, 0) is 12.8 Å². The number of allylic oxidation sites excluding steroid dienone is 1. The van der Waals surface area contributed by atoms with E-state index in [1.54, 1.807) is 6.20 Å². The first-order valence-electron chi connectivity index (χ1n) is 6.26. The number of halogens is 1. The molecular formula is C13H24IN5. The second kappa shape index (κ2) is 10.8. The fourth-order valence-electron chi connectivity index (χ4n) is 1.68. The maximum Gasteiger partial charge on any atom is 0.193 e. The highest BCUT2D eigenvalue weighted by atomic mass is 127. The molecule has 0 radical (unpaired) electrons. The fourth-order valence-corrected chi connectivity index (χ4v) is 1.68. The largest absolute Gasteiger partial charge is 0.354 e. The van der Waals surface area contributed by atoms with Gasteiger partial charge in [-0.3, -0.25) is 4.99 Å². The molecule has 0 saturated carbocycles. The molecular weight excluding hydrogens is 353 g/mol. The van der Waals surface area contributed by atoms with Crippen molar-refractivity contribution in [1.82, 2.24) is 19.8 Å². The number of guanidine groups is 1. The summed E-state index contributed by atoms with van der Waals surface area (Å²) < 4.78 is 2.04. The van der Waals surface area contributed by atoms with Crippen LogP contribution in [-0.4, -0.2) is 47.6 Å². The second-order valence-corrected chi connectivity index (χ2v) is 4.13. The molecule has 1 aromatic rings. The molecule has 0 aliphatic carbocycles. The van der Waals surface area contributed by atoms with Crippen LogP contribution in [0.1, 0.15) is 12.8 Å². The van der Waals surface area contributed by atoms with E-state index in [1.807, 2.05) is 30.2 Å². The molecule has 19 heavy (non-hydrogen) atoms. The summed E-state index contributed by atoms with van der Waals surface area (Å²) in [5.74, 6) is 0.930. The van der Waals surface area contributed by atoms with Crippen molar-refractivity contribution < 1.29 is 0 Å². The van der Waals surface area contributed by atoms with Crippen LogP contribution < -0.4 is 5.32 Å². The standard InChI is InChI=1S/C13H23N5.HI/c1-4-5-6-9-17(3)13(14-2)16-8-11-18-10-7-15-12-18;/h4,7,10,12H,1,5-6,8-9,11H2,2-3H3,(H,14,16);1H. The second-order valence-electron chi connectivity index (χ2n) is 4.13. The Hall–Kier alpha value is -1.05. The number of nitrogens with zero attached hydrogens (tertiary/aromatic N) is 4. The van der Waals surface area contributed by atoms with Gasteiger partial charge in [-0.25, -0.2) is 4.98 Å². The molecule has 5 nitrogen and oxygen atoms in total. The Morgan fingerprint density at radius 3 is 2.95 bits per heavy atom. The van der Waals surface area contributed by atoms with E-state index in [4.69, 9.17) is 0 Å². The van der Waals surface area contributed by atoms with Crippen molar-refractivity contribution in [2.45, 2.75) is 19.4 Å². The summed E-state index contributed by atoms with van der Waals surface area (Å²) in [6.07, 6.45) is 9.65. The Balaban J connectivity index is 0.00000324. The maximum atomic E-state index is 4.27. The van der Waals surface area contributed by atoms with Crippen molar-refractivity contribution in [2.24, 2.45) is 4.99 Å². The fraction of sp³-hybridized carbons (Fsp3) is 0.538. The van der Waals surface area contributed by atoms with Crippen molar-refractivity contribution in [1.29, 1.82) is 0 Å². The third-order valence-corrected chi connectivity index (χ3v) is 2.69. The van der Waals surface area contributed by atoms with Gasteiger partial charge in [0.2, 0.25) is 0 Å². The Kier molecular flexibility index (Phi) is 10.2. The summed E-state index contributed by atoms with van der Waals surface area (Å²) >= 11 is 0. The molecule has 0 amide bonds. The first kappa shape index (κ1) is 17.9. The number of aliphatic imine (C=N–C) groups is 1. The molecule has 0 aliphatic heterocycles. The summed E-state index contributed by atoms with van der Waals surface area (Å²) in [5.41, 5.74) is 0. The zero-order chi connectivity index (χ0) is 13.2. The van der Waals surface area contributed by atoms with Crippen LogP contribution in [0, 0.1) is 0 Å². The van der Waals surface area contributed by atoms with Crippen molar-refractivity contribution in [3.05, 3.63) is 31.4 Å². The number of rotatable bonds is 7. The van der Waals surface area contributed by atoms with E-state index >= 15 is 0 Å². The summed E-state index contributed by atoms with van der Waals surface area (Å²) in [6.45, 7) is 6.44. The number of nitrogens with one attached hydrogen (secondary N) is 1. The molecule has 0 atom stereocenters. The molecule has 1 N–H and O–H groups in total. The van der Waals surface area contributed by atoms with Gasteiger partial charge < -0.3 is 14.8 Å². The topological polar surface area (TPSA) is 45.5 Å². The van der Waals surface area contributed by atoms with Crippen molar-refractivity contribution in [3.8, 4) is 0 Å². The lowest BCUT2D eigenvalue weighted by molar-refractivity contribution is 0.467. The van der Waals surface area contributed by atoms with E-state index < -0.39 is 0 Å². The van der Waals surface area contributed by atoms with Crippen molar-refractivity contribution in [3.63, 3.8) is 0 Å². The molecule has 0 unspecified atom stereocenters. The van der Waals surface area contributed by atoms with Crippen molar-refractivity contribution >= 4 is 29.9 Å². The predicted molar refractivity (Wildman–Crippen MR) is 91.1 cm³/mol. The van der Waals surface area contributed by atoms with Crippen LogP contribution in [0.2, 0.25) is 0 Å². The normalized spacial score (nSPS) is 10.7. The van der Waals surface area contributed by atoms with Gasteiger partial charge in [0, 0.05) is 46.1 Å². The monoisotopic (exact) mass is 377 g/mol. The van der Waals surface area contributed by atoms with Gasteiger partial charge in [-0.1, -0.05) is 6.08 Å². The van der Waals surface area contributed by atoms with Crippen LogP contribution in [0.25, 0.3) is 0 Å². The minimum Gasteiger partial charge on any atom is -0.354 e. The molecule has 0 saturated heterocycles. The van der Waals surface area contributed by atoms with Crippen LogP contribution in [0.4, 0.5) is 0 Å². The quantitative estimate of drug-likeness (QED) is 0.260. The number of hydrogen-bond acceptors (Lipinski definition) is 2. The minimum atomic E-state index is 0. The molecule has 0 aliphatic rings. The van der Waals surface area contributed by atoms with Crippen LogP contribution in [-0.2, 0) is 6.54 Å². The van der Waals surface area contributed by atoms with Gasteiger partial charge in [-0.2, -0.15) is 0 Å². The average molecular weight is 377 g/mol. The number of imidazole rings is 1. The highest BCUT2D eigenvalue weighted by Gasteiger charge is 2.03. The number of aromatic nitrogens is 2.